The van der Waals surface area contributed by atoms with Crippen LogP contribution in [0.1, 0.15) is 18.1 Å². The van der Waals surface area contributed by atoms with Gasteiger partial charge in [0.05, 0.1) is 5.69 Å². The predicted molar refractivity (Wildman–Crippen MR) is 259 cm³/mol. The highest BCUT2D eigenvalue weighted by Crippen LogP contribution is 2.45. The van der Waals surface area contributed by atoms with Gasteiger partial charge in [-0.15, -0.1) is 0 Å². The highest BCUT2D eigenvalue weighted by atomic mass is 15.1. The lowest BCUT2D eigenvalue weighted by atomic mass is 9.91. The number of allylic oxidation sites excluding steroid dienone is 3. The maximum atomic E-state index is 2.41. The molecule has 0 aliphatic rings. The Labute approximate surface area is 352 Å². The number of para-hydroxylation sites is 1. The van der Waals surface area contributed by atoms with Gasteiger partial charge >= 0.3 is 0 Å². The molecule has 0 heterocycles. The van der Waals surface area contributed by atoms with E-state index >= 15 is 0 Å². The number of nitrogens with zero attached hydrogens (tertiary/aromatic N) is 1. The van der Waals surface area contributed by atoms with Crippen LogP contribution in [-0.2, 0) is 0 Å². The Morgan fingerprint density at radius 3 is 1.70 bits per heavy atom. The molecule has 0 saturated heterocycles. The molecule has 0 aliphatic carbocycles. The maximum Gasteiger partial charge on any atom is 0.0540 e. The summed E-state index contributed by atoms with van der Waals surface area (Å²) in [5, 5.41) is 7.63. The lowest BCUT2D eigenvalue weighted by molar-refractivity contribution is 1.28. The van der Waals surface area contributed by atoms with Gasteiger partial charge < -0.3 is 4.90 Å². The summed E-state index contributed by atoms with van der Waals surface area (Å²) in [6, 6.07) is 81.4. The normalized spacial score (nSPS) is 11.8. The molecule has 10 rings (SSSR count). The van der Waals surface area contributed by atoms with E-state index in [2.05, 4.69) is 255 Å². The molecule has 0 N–H and O–H groups in total. The van der Waals surface area contributed by atoms with Crippen LogP contribution in [-0.4, -0.2) is 0 Å². The molecular formula is C59H43N. The molecule has 0 fully saturated rings. The lowest BCUT2D eigenvalue weighted by Crippen LogP contribution is -2.11. The second-order valence-corrected chi connectivity index (χ2v) is 15.2. The van der Waals surface area contributed by atoms with Crippen LogP contribution in [0.2, 0.25) is 0 Å². The smallest absolute Gasteiger partial charge is 0.0540 e. The van der Waals surface area contributed by atoms with E-state index in [0.29, 0.717) is 0 Å². The van der Waals surface area contributed by atoms with Crippen molar-refractivity contribution >= 4 is 61.0 Å². The van der Waals surface area contributed by atoms with E-state index in [-0.39, 0.29) is 0 Å². The first kappa shape index (κ1) is 36.6. The van der Waals surface area contributed by atoms with Crippen molar-refractivity contribution in [2.75, 3.05) is 4.90 Å². The molecule has 10 aromatic rings. The maximum absolute atomic E-state index is 2.41. The molecule has 0 spiro atoms. The van der Waals surface area contributed by atoms with Crippen LogP contribution < -0.4 is 4.90 Å². The molecule has 0 bridgehead atoms. The first-order chi connectivity index (χ1) is 29.7. The van der Waals surface area contributed by atoms with E-state index in [1.165, 1.54) is 82.4 Å². The predicted octanol–water partition coefficient (Wildman–Crippen LogP) is 16.7. The van der Waals surface area contributed by atoms with Gasteiger partial charge in [-0.3, -0.25) is 0 Å². The molecule has 0 atom stereocenters. The van der Waals surface area contributed by atoms with E-state index in [4.69, 9.17) is 0 Å². The summed E-state index contributed by atoms with van der Waals surface area (Å²) in [6.45, 7) is 2.10. The summed E-state index contributed by atoms with van der Waals surface area (Å²) in [5.41, 5.74) is 13.9. The van der Waals surface area contributed by atoms with Gasteiger partial charge in [0, 0.05) is 16.9 Å². The molecule has 0 amide bonds. The van der Waals surface area contributed by atoms with Crippen molar-refractivity contribution in [1.82, 2.24) is 0 Å². The third-order valence-electron chi connectivity index (χ3n) is 11.7. The first-order valence-corrected chi connectivity index (χ1v) is 20.7. The fraction of sp³-hybridized carbons (Fsp3) is 0.0169. The molecular weight excluding hydrogens is 723 g/mol. The number of anilines is 3. The molecule has 1 heteroatoms. The Bertz CT molecular complexity index is 3180. The minimum absolute atomic E-state index is 1.08. The van der Waals surface area contributed by atoms with E-state index in [1.54, 1.807) is 0 Å². The van der Waals surface area contributed by atoms with Crippen molar-refractivity contribution in [2.45, 2.75) is 6.92 Å². The fourth-order valence-electron chi connectivity index (χ4n) is 8.65. The van der Waals surface area contributed by atoms with Gasteiger partial charge in [-0.05, 0) is 120 Å². The van der Waals surface area contributed by atoms with Crippen LogP contribution in [0.4, 0.5) is 17.1 Å². The van der Waals surface area contributed by atoms with Crippen molar-refractivity contribution in [1.29, 1.82) is 0 Å². The Kier molecular flexibility index (Phi) is 9.91. The molecule has 10 aromatic carbocycles. The van der Waals surface area contributed by atoms with Crippen molar-refractivity contribution < 1.29 is 0 Å². The van der Waals surface area contributed by atoms with Crippen molar-refractivity contribution in [3.63, 3.8) is 0 Å². The Morgan fingerprint density at radius 2 is 0.967 bits per heavy atom. The van der Waals surface area contributed by atoms with Crippen LogP contribution in [0.15, 0.2) is 237 Å². The van der Waals surface area contributed by atoms with Gasteiger partial charge in [-0.1, -0.05) is 206 Å². The molecule has 1 nitrogen and oxygen atoms in total. The quantitative estimate of drug-likeness (QED) is 0.104. The Balaban J connectivity index is 1.11. The number of benzene rings is 10. The molecule has 60 heavy (non-hydrogen) atoms. The van der Waals surface area contributed by atoms with Gasteiger partial charge in [-0.2, -0.15) is 0 Å². The topological polar surface area (TPSA) is 3.24 Å². The number of rotatable bonds is 9. The Morgan fingerprint density at radius 1 is 0.383 bits per heavy atom. The second kappa shape index (κ2) is 16.3. The third-order valence-corrected chi connectivity index (χ3v) is 11.7. The van der Waals surface area contributed by atoms with E-state index < -0.39 is 0 Å². The minimum atomic E-state index is 1.08. The van der Waals surface area contributed by atoms with Crippen LogP contribution in [0.5, 0.6) is 0 Å². The largest absolute Gasteiger partial charge is 0.310 e. The second-order valence-electron chi connectivity index (χ2n) is 15.2. The molecule has 0 aromatic heterocycles. The highest BCUT2D eigenvalue weighted by Gasteiger charge is 2.20. The van der Waals surface area contributed by atoms with Gasteiger partial charge in [0.25, 0.3) is 0 Å². The van der Waals surface area contributed by atoms with Crippen molar-refractivity contribution in [3.05, 3.63) is 248 Å². The summed E-state index contributed by atoms with van der Waals surface area (Å²) < 4.78 is 0. The molecule has 284 valence electrons. The summed E-state index contributed by atoms with van der Waals surface area (Å²) >= 11 is 0. The zero-order chi connectivity index (χ0) is 40.3. The molecule has 0 radical (unpaired) electrons. The molecule has 0 saturated carbocycles. The lowest BCUT2D eigenvalue weighted by Gasteiger charge is -2.29. The summed E-state index contributed by atoms with van der Waals surface area (Å²) in [6.07, 6.45) is 6.56. The van der Waals surface area contributed by atoms with Crippen molar-refractivity contribution in [2.24, 2.45) is 0 Å². The van der Waals surface area contributed by atoms with E-state index in [1.807, 2.05) is 0 Å². The van der Waals surface area contributed by atoms with E-state index in [9.17, 15) is 0 Å². The SMILES string of the molecule is C/C=C(\C=C/c1ccccc1)c1ccc(N(c2ccc(-c3ccc4c(ccc5c6ccccc6ccc45)c3)c(-c3ccccc3)c2)c2ccccc2-c2ccccc2)cc1. The standard InChI is InChI=1S/C59H43N/c1-2-43(27-26-42-16-6-3-7-17-42)44-28-33-50(34-29-44)60(59-25-15-14-24-55(59)45-18-8-4-9-19-45)51-35-39-54(58(41-51)46-20-10-5-11-21-46)49-31-36-53-48(40-49)32-38-56-52-23-13-12-22-47(52)30-37-57(53)56/h2-41H,1H3/b27-26-,43-2+. The average molecular weight is 766 g/mol. The van der Waals surface area contributed by atoms with Gasteiger partial charge in [-0.25, -0.2) is 0 Å². The van der Waals surface area contributed by atoms with Crippen LogP contribution in [0, 0.1) is 0 Å². The third kappa shape index (κ3) is 7.08. The number of hydrogen-bond donors (Lipinski definition) is 0. The molecule has 0 aliphatic heterocycles. The van der Waals surface area contributed by atoms with Gasteiger partial charge in [0.2, 0.25) is 0 Å². The van der Waals surface area contributed by atoms with Crippen LogP contribution in [0.3, 0.4) is 0 Å². The summed E-state index contributed by atoms with van der Waals surface area (Å²) in [7, 11) is 0. The van der Waals surface area contributed by atoms with Gasteiger partial charge in [0.1, 0.15) is 0 Å². The minimum Gasteiger partial charge on any atom is -0.310 e. The average Bonchev–Trinajstić information content (AvgIpc) is 3.33. The van der Waals surface area contributed by atoms with Gasteiger partial charge in [0.15, 0.2) is 0 Å². The summed E-state index contributed by atoms with van der Waals surface area (Å²) in [4.78, 5) is 2.41. The van der Waals surface area contributed by atoms with Crippen LogP contribution in [0.25, 0.3) is 77.3 Å². The zero-order valence-electron chi connectivity index (χ0n) is 33.5. The zero-order valence-corrected chi connectivity index (χ0v) is 33.5. The van der Waals surface area contributed by atoms with E-state index in [0.717, 1.165) is 17.1 Å². The first-order valence-electron chi connectivity index (χ1n) is 20.7. The number of fused-ring (bicyclic) bond motifs is 5. The monoisotopic (exact) mass is 765 g/mol. The molecule has 0 unspecified atom stereocenters. The fourth-order valence-corrected chi connectivity index (χ4v) is 8.65. The van der Waals surface area contributed by atoms with Crippen molar-refractivity contribution in [3.8, 4) is 33.4 Å². The van der Waals surface area contributed by atoms with Crippen LogP contribution >= 0.6 is 0 Å². The summed E-state index contributed by atoms with van der Waals surface area (Å²) in [5.74, 6) is 0. The highest BCUT2D eigenvalue weighted by molar-refractivity contribution is 6.17. The Hall–Kier alpha value is -7.74. The number of hydrogen-bond acceptors (Lipinski definition) is 1.